The molecule has 0 aromatic rings. The van der Waals surface area contributed by atoms with Crippen molar-refractivity contribution >= 4 is 8.56 Å². The van der Waals surface area contributed by atoms with Gasteiger partial charge in [-0.1, -0.05) is 13.8 Å². The molecule has 0 aromatic heterocycles. The van der Waals surface area contributed by atoms with Crippen molar-refractivity contribution in [1.82, 2.24) is 0 Å². The lowest BCUT2D eigenvalue weighted by Crippen LogP contribution is -2.47. The van der Waals surface area contributed by atoms with E-state index in [1.165, 1.54) is 0 Å². The van der Waals surface area contributed by atoms with Gasteiger partial charge in [0.2, 0.25) is 0 Å². The molecule has 0 spiro atoms. The van der Waals surface area contributed by atoms with E-state index in [9.17, 15) is 0 Å². The van der Waals surface area contributed by atoms with E-state index in [1.807, 2.05) is 33.4 Å². The first kappa shape index (κ1) is 13.9. The van der Waals surface area contributed by atoms with Crippen LogP contribution in [0.3, 0.4) is 0 Å². The summed E-state index contributed by atoms with van der Waals surface area (Å²) in [4.78, 5) is 0. The minimum absolute atomic E-state index is 0.195. The van der Waals surface area contributed by atoms with Gasteiger partial charge in [0.15, 0.2) is 0 Å². The number of hydrogen-bond acceptors (Lipinski definition) is 2. The normalized spacial score (nSPS) is 12.9. The van der Waals surface area contributed by atoms with Gasteiger partial charge in [0, 0.05) is 17.7 Å². The van der Waals surface area contributed by atoms with Crippen LogP contribution in [0.2, 0.25) is 5.54 Å². The maximum Gasteiger partial charge on any atom is 0.367 e. The molecule has 3 heteroatoms. The summed E-state index contributed by atoms with van der Waals surface area (Å²) < 4.78 is 11.9. The molecule has 0 saturated heterocycles. The van der Waals surface area contributed by atoms with E-state index in [0.717, 1.165) is 0 Å². The van der Waals surface area contributed by atoms with Gasteiger partial charge in [-0.05, 0) is 33.4 Å². The Hall–Kier alpha value is -0.123. The van der Waals surface area contributed by atoms with Crippen LogP contribution in [-0.2, 0) is 8.85 Å². The van der Waals surface area contributed by atoms with Gasteiger partial charge >= 0.3 is 8.56 Å². The first-order chi connectivity index (χ1) is 6.34. The zero-order valence-corrected chi connectivity index (χ0v) is 11.3. The molecule has 0 aliphatic heterocycles. The van der Waals surface area contributed by atoms with E-state index < -0.39 is 8.56 Å². The topological polar surface area (TPSA) is 18.5 Å². The van der Waals surface area contributed by atoms with Crippen molar-refractivity contribution in [3.63, 3.8) is 0 Å². The Bertz CT molecular complexity index is 166. The molecule has 0 unspecified atom stereocenters. The van der Waals surface area contributed by atoms with Crippen LogP contribution in [0.25, 0.3) is 0 Å². The van der Waals surface area contributed by atoms with Gasteiger partial charge in [-0.15, -0.1) is 6.58 Å². The third-order valence-corrected chi connectivity index (χ3v) is 5.79. The predicted octanol–water partition coefficient (Wildman–Crippen LogP) is 3.41. The second-order valence-electron chi connectivity index (χ2n) is 4.41. The fourth-order valence-corrected chi connectivity index (χ4v) is 4.11. The Morgan fingerprint density at radius 2 is 1.29 bits per heavy atom. The zero-order valence-electron chi connectivity index (χ0n) is 10.3. The van der Waals surface area contributed by atoms with Crippen molar-refractivity contribution in [2.24, 2.45) is 0 Å². The summed E-state index contributed by atoms with van der Waals surface area (Å²) in [5.74, 6) is 0. The molecule has 0 N–H and O–H groups in total. The Morgan fingerprint density at radius 1 is 0.929 bits per heavy atom. The van der Waals surface area contributed by atoms with Crippen LogP contribution in [0.1, 0.15) is 41.5 Å². The van der Waals surface area contributed by atoms with E-state index in [-0.39, 0.29) is 12.2 Å². The van der Waals surface area contributed by atoms with Gasteiger partial charge in [-0.25, -0.2) is 0 Å². The molecule has 2 nitrogen and oxygen atoms in total. The molecule has 0 atom stereocenters. The molecule has 0 saturated carbocycles. The lowest BCUT2D eigenvalue weighted by Gasteiger charge is -2.34. The third kappa shape index (κ3) is 3.94. The molecule has 0 amide bonds. The Balaban J connectivity index is 4.69. The van der Waals surface area contributed by atoms with Gasteiger partial charge in [-0.3, -0.25) is 0 Å². The quantitative estimate of drug-likeness (QED) is 0.633. The highest BCUT2D eigenvalue weighted by molar-refractivity contribution is 6.73. The van der Waals surface area contributed by atoms with Crippen LogP contribution in [0, 0.1) is 0 Å². The van der Waals surface area contributed by atoms with Crippen molar-refractivity contribution in [3.05, 3.63) is 12.3 Å². The molecule has 84 valence electrons. The van der Waals surface area contributed by atoms with Gasteiger partial charge < -0.3 is 8.85 Å². The monoisotopic (exact) mass is 216 g/mol. The van der Waals surface area contributed by atoms with Crippen LogP contribution in [0.4, 0.5) is 0 Å². The summed E-state index contributed by atoms with van der Waals surface area (Å²) in [7, 11) is -2.21. The summed E-state index contributed by atoms with van der Waals surface area (Å²) in [6.07, 6.45) is 0.390. The van der Waals surface area contributed by atoms with Crippen molar-refractivity contribution in [2.75, 3.05) is 0 Å². The molecule has 0 aliphatic carbocycles. The first-order valence-corrected chi connectivity index (χ1v) is 7.30. The van der Waals surface area contributed by atoms with Gasteiger partial charge in [0.05, 0.1) is 0 Å². The van der Waals surface area contributed by atoms with Crippen LogP contribution in [-0.4, -0.2) is 20.8 Å². The van der Waals surface area contributed by atoms with Crippen molar-refractivity contribution in [3.8, 4) is 0 Å². The zero-order chi connectivity index (χ0) is 11.4. The van der Waals surface area contributed by atoms with Crippen LogP contribution >= 0.6 is 0 Å². The SMILES string of the molecule is C=C[Si](OC(C)C)(OC(C)C)C(C)C. The average molecular weight is 216 g/mol. The van der Waals surface area contributed by atoms with Crippen molar-refractivity contribution in [1.29, 1.82) is 0 Å². The average Bonchev–Trinajstić information content (AvgIpc) is 2.00. The standard InChI is InChI=1S/C11H24O2Si/c1-8-14(11(6)7,12-9(2)3)13-10(4)5/h8-11H,1H2,2-7H3. The molecular weight excluding hydrogens is 192 g/mol. The lowest BCUT2D eigenvalue weighted by atomic mass is 10.5. The fourth-order valence-electron chi connectivity index (χ4n) is 1.37. The molecule has 0 aliphatic rings. The Morgan fingerprint density at radius 3 is 1.43 bits per heavy atom. The molecule has 0 bridgehead atoms. The van der Waals surface area contributed by atoms with Crippen molar-refractivity contribution in [2.45, 2.75) is 59.3 Å². The predicted molar refractivity (Wildman–Crippen MR) is 63.5 cm³/mol. The molecule has 0 radical (unpaired) electrons. The van der Waals surface area contributed by atoms with E-state index in [0.29, 0.717) is 5.54 Å². The van der Waals surface area contributed by atoms with Crippen LogP contribution < -0.4 is 0 Å². The first-order valence-electron chi connectivity index (χ1n) is 5.33. The van der Waals surface area contributed by atoms with E-state index >= 15 is 0 Å². The van der Waals surface area contributed by atoms with Gasteiger partial charge in [0.1, 0.15) is 0 Å². The van der Waals surface area contributed by atoms with Crippen molar-refractivity contribution < 1.29 is 8.85 Å². The molecule has 0 heterocycles. The van der Waals surface area contributed by atoms with E-state index in [1.54, 1.807) is 0 Å². The Kier molecular flexibility index (Phi) is 5.63. The summed E-state index contributed by atoms with van der Waals surface area (Å²) in [6, 6.07) is 0. The molecule has 0 fully saturated rings. The second-order valence-corrected chi connectivity index (χ2v) is 7.89. The van der Waals surface area contributed by atoms with Crippen LogP contribution in [0.5, 0.6) is 0 Å². The van der Waals surface area contributed by atoms with Crippen LogP contribution in [0.15, 0.2) is 12.3 Å². The smallest absolute Gasteiger partial charge is 0.367 e. The second kappa shape index (κ2) is 5.68. The molecule has 0 rings (SSSR count). The summed E-state index contributed by atoms with van der Waals surface area (Å²) in [6.45, 7) is 16.3. The van der Waals surface area contributed by atoms with E-state index in [4.69, 9.17) is 8.85 Å². The van der Waals surface area contributed by atoms with E-state index in [2.05, 4.69) is 20.4 Å². The van der Waals surface area contributed by atoms with Gasteiger partial charge in [-0.2, -0.15) is 0 Å². The Labute approximate surface area is 89.6 Å². The lowest BCUT2D eigenvalue weighted by molar-refractivity contribution is 0.108. The molecule has 0 aromatic carbocycles. The molecular formula is C11H24O2Si. The van der Waals surface area contributed by atoms with Gasteiger partial charge in [0.25, 0.3) is 0 Å². The third-order valence-electron chi connectivity index (χ3n) is 1.93. The number of rotatable bonds is 6. The highest BCUT2D eigenvalue weighted by Crippen LogP contribution is 2.27. The molecule has 14 heavy (non-hydrogen) atoms. The minimum Gasteiger partial charge on any atom is -0.389 e. The maximum absolute atomic E-state index is 5.96. The highest BCUT2D eigenvalue weighted by atomic mass is 28.4. The summed E-state index contributed by atoms with van der Waals surface area (Å²) in [5.41, 5.74) is 2.29. The number of hydrogen-bond donors (Lipinski definition) is 0. The summed E-state index contributed by atoms with van der Waals surface area (Å²) in [5, 5.41) is 0. The highest BCUT2D eigenvalue weighted by Gasteiger charge is 2.40. The largest absolute Gasteiger partial charge is 0.389 e. The minimum atomic E-state index is -2.21. The summed E-state index contributed by atoms with van der Waals surface area (Å²) >= 11 is 0. The fraction of sp³-hybridized carbons (Fsp3) is 0.818. The maximum atomic E-state index is 5.96.